The van der Waals surface area contributed by atoms with E-state index in [1.54, 1.807) is 24.3 Å². The van der Waals surface area contributed by atoms with E-state index < -0.39 is 5.91 Å². The van der Waals surface area contributed by atoms with Gasteiger partial charge in [-0.2, -0.15) is 0 Å². The van der Waals surface area contributed by atoms with Gasteiger partial charge in [0.05, 0.1) is 0 Å². The van der Waals surface area contributed by atoms with E-state index in [1.807, 2.05) is 0 Å². The molecule has 7 nitrogen and oxygen atoms in total. The smallest absolute Gasteiger partial charge is 0.247 e. The summed E-state index contributed by atoms with van der Waals surface area (Å²) in [5.74, 6) is -0.771. The molecule has 1 aromatic rings. The van der Waals surface area contributed by atoms with Crippen LogP contribution in [-0.4, -0.2) is 18.4 Å². The van der Waals surface area contributed by atoms with E-state index in [1.165, 1.54) is 0 Å². The molecule has 0 heterocycles. The summed E-state index contributed by atoms with van der Waals surface area (Å²) in [5, 5.41) is 8.22. The van der Waals surface area contributed by atoms with Crippen LogP contribution in [-0.2, 0) is 9.59 Å². The van der Waals surface area contributed by atoms with Crippen molar-refractivity contribution in [3.05, 3.63) is 47.4 Å². The molecule has 1 rings (SSSR count). The van der Waals surface area contributed by atoms with Crippen LogP contribution in [0.4, 0.5) is 11.4 Å². The number of anilines is 2. The van der Waals surface area contributed by atoms with Gasteiger partial charge in [0.2, 0.25) is 11.8 Å². The van der Waals surface area contributed by atoms with Crippen molar-refractivity contribution >= 4 is 23.2 Å². The topological polar surface area (TPSA) is 107 Å². The lowest BCUT2D eigenvalue weighted by atomic mass is 10.2. The molecule has 0 saturated carbocycles. The van der Waals surface area contributed by atoms with Crippen LogP contribution in [0.3, 0.4) is 0 Å². The van der Waals surface area contributed by atoms with Crippen LogP contribution >= 0.6 is 0 Å². The van der Waals surface area contributed by atoms with Gasteiger partial charge in [0.1, 0.15) is 6.54 Å². The highest BCUT2D eigenvalue weighted by atomic mass is 16.2. The van der Waals surface area contributed by atoms with E-state index in [2.05, 4.69) is 27.2 Å². The molecule has 0 bridgehead atoms. The van der Waals surface area contributed by atoms with E-state index in [9.17, 15) is 9.59 Å². The monoisotopic (exact) mass is 245 g/mol. The molecule has 0 atom stereocenters. The van der Waals surface area contributed by atoms with Crippen molar-refractivity contribution in [2.24, 2.45) is 5.11 Å². The fraction of sp³-hybridized carbons (Fsp3) is 0.0909. The minimum Gasteiger partial charge on any atom is -0.326 e. The maximum Gasteiger partial charge on any atom is 0.247 e. The highest BCUT2D eigenvalue weighted by molar-refractivity contribution is 5.99. The molecule has 0 aliphatic carbocycles. The quantitative estimate of drug-likeness (QED) is 0.358. The predicted octanol–water partition coefficient (Wildman–Crippen LogP) is 2.06. The largest absolute Gasteiger partial charge is 0.326 e. The Morgan fingerprint density at radius 2 is 2.06 bits per heavy atom. The zero-order valence-corrected chi connectivity index (χ0v) is 9.46. The Morgan fingerprint density at radius 1 is 1.39 bits per heavy atom. The first-order chi connectivity index (χ1) is 8.65. The third kappa shape index (κ3) is 4.38. The van der Waals surface area contributed by atoms with Crippen molar-refractivity contribution < 1.29 is 9.59 Å². The van der Waals surface area contributed by atoms with Crippen LogP contribution < -0.4 is 10.6 Å². The van der Waals surface area contributed by atoms with Crippen molar-refractivity contribution in [3.63, 3.8) is 0 Å². The first kappa shape index (κ1) is 13.3. The van der Waals surface area contributed by atoms with Gasteiger partial charge in [-0.05, 0) is 29.8 Å². The number of carbonyl (C=O) groups excluding carboxylic acids is 2. The lowest BCUT2D eigenvalue weighted by molar-refractivity contribution is -0.115. The number of azide groups is 1. The van der Waals surface area contributed by atoms with Crippen LogP contribution in [0.5, 0.6) is 0 Å². The Morgan fingerprint density at radius 3 is 2.67 bits per heavy atom. The molecule has 0 aliphatic heterocycles. The van der Waals surface area contributed by atoms with Gasteiger partial charge >= 0.3 is 0 Å². The summed E-state index contributed by atoms with van der Waals surface area (Å²) in [7, 11) is 0. The molecule has 0 aromatic heterocycles. The number of hydrogen-bond acceptors (Lipinski definition) is 3. The molecule has 7 heteroatoms. The second-order valence-corrected chi connectivity index (χ2v) is 3.21. The molecule has 2 N–H and O–H groups in total. The molecular formula is C11H11N5O2. The lowest BCUT2D eigenvalue weighted by Crippen LogP contribution is -2.14. The standard InChI is InChI=1S/C11H11N5O2/c1-2-10(17)14-8-4-3-5-9(6-8)15-11(18)7-13-16-12/h2-6H,1,7H2,(H,14,17)(H,15,18). The number of carbonyl (C=O) groups is 2. The summed E-state index contributed by atoms with van der Waals surface area (Å²) in [4.78, 5) is 24.8. The molecule has 1 aromatic carbocycles. The Balaban J connectivity index is 2.69. The van der Waals surface area contributed by atoms with Crippen molar-refractivity contribution in [2.45, 2.75) is 0 Å². The van der Waals surface area contributed by atoms with Crippen molar-refractivity contribution in [3.8, 4) is 0 Å². The van der Waals surface area contributed by atoms with E-state index >= 15 is 0 Å². The average molecular weight is 245 g/mol. The fourth-order valence-corrected chi connectivity index (χ4v) is 1.16. The van der Waals surface area contributed by atoms with Crippen LogP contribution in [0.25, 0.3) is 10.4 Å². The summed E-state index contributed by atoms with van der Waals surface area (Å²) in [6.07, 6.45) is 1.15. The van der Waals surface area contributed by atoms with Gasteiger partial charge in [-0.25, -0.2) is 0 Å². The summed E-state index contributed by atoms with van der Waals surface area (Å²) < 4.78 is 0. The van der Waals surface area contributed by atoms with Crippen LogP contribution in [0, 0.1) is 0 Å². The number of nitrogens with one attached hydrogen (secondary N) is 2. The molecule has 0 saturated heterocycles. The number of rotatable bonds is 5. The van der Waals surface area contributed by atoms with E-state index in [4.69, 9.17) is 5.53 Å². The molecule has 2 amide bonds. The highest BCUT2D eigenvalue weighted by Gasteiger charge is 2.02. The Bertz CT molecular complexity index is 520. The molecular weight excluding hydrogens is 234 g/mol. The van der Waals surface area contributed by atoms with Gasteiger partial charge in [0, 0.05) is 16.3 Å². The van der Waals surface area contributed by atoms with Crippen molar-refractivity contribution in [1.82, 2.24) is 0 Å². The van der Waals surface area contributed by atoms with Crippen LogP contribution in [0.2, 0.25) is 0 Å². The molecule has 0 spiro atoms. The van der Waals surface area contributed by atoms with Gasteiger partial charge in [0.15, 0.2) is 0 Å². The number of nitrogens with zero attached hydrogens (tertiary/aromatic N) is 3. The molecule has 0 radical (unpaired) electrons. The Hall–Kier alpha value is -2.79. The maximum atomic E-state index is 11.3. The van der Waals surface area contributed by atoms with Gasteiger partial charge in [-0.3, -0.25) is 9.59 Å². The maximum absolute atomic E-state index is 11.3. The number of benzene rings is 1. The van der Waals surface area contributed by atoms with Crippen molar-refractivity contribution in [2.75, 3.05) is 17.2 Å². The lowest BCUT2D eigenvalue weighted by Gasteiger charge is -2.06. The van der Waals surface area contributed by atoms with Gasteiger partial charge in [-0.1, -0.05) is 17.8 Å². The first-order valence-electron chi connectivity index (χ1n) is 5.00. The Labute approximate surface area is 103 Å². The summed E-state index contributed by atoms with van der Waals surface area (Å²) in [5.41, 5.74) is 9.10. The number of amides is 2. The van der Waals surface area contributed by atoms with Crippen LogP contribution in [0.15, 0.2) is 42.0 Å². The molecule has 0 fully saturated rings. The molecule has 0 aliphatic rings. The Kier molecular flexibility index (Phi) is 4.96. The third-order valence-corrected chi connectivity index (χ3v) is 1.88. The van der Waals surface area contributed by atoms with E-state index in [-0.39, 0.29) is 12.5 Å². The second-order valence-electron chi connectivity index (χ2n) is 3.21. The van der Waals surface area contributed by atoms with E-state index in [0.29, 0.717) is 11.4 Å². The summed E-state index contributed by atoms with van der Waals surface area (Å²) in [6.45, 7) is 3.06. The molecule has 18 heavy (non-hydrogen) atoms. The predicted molar refractivity (Wildman–Crippen MR) is 67.9 cm³/mol. The minimum absolute atomic E-state index is 0.278. The second kappa shape index (κ2) is 6.72. The number of hydrogen-bond donors (Lipinski definition) is 2. The zero-order valence-electron chi connectivity index (χ0n) is 9.46. The van der Waals surface area contributed by atoms with Gasteiger partial charge in [-0.15, -0.1) is 0 Å². The highest BCUT2D eigenvalue weighted by Crippen LogP contribution is 2.14. The van der Waals surface area contributed by atoms with E-state index in [0.717, 1.165) is 6.08 Å². The normalized spacial score (nSPS) is 8.89. The van der Waals surface area contributed by atoms with Gasteiger partial charge < -0.3 is 10.6 Å². The molecule has 0 unspecified atom stereocenters. The zero-order chi connectivity index (χ0) is 13.4. The van der Waals surface area contributed by atoms with Crippen molar-refractivity contribution in [1.29, 1.82) is 0 Å². The minimum atomic E-state index is -0.431. The van der Waals surface area contributed by atoms with Crippen LogP contribution in [0.1, 0.15) is 0 Å². The molecule has 92 valence electrons. The summed E-state index contributed by atoms with van der Waals surface area (Å²) in [6, 6.07) is 6.57. The SMILES string of the molecule is C=CC(=O)Nc1cccc(NC(=O)CN=[N+]=[N-])c1. The first-order valence-corrected chi connectivity index (χ1v) is 5.00. The third-order valence-electron chi connectivity index (χ3n) is 1.88. The van der Waals surface area contributed by atoms with Gasteiger partial charge in [0.25, 0.3) is 0 Å². The summed E-state index contributed by atoms with van der Waals surface area (Å²) >= 11 is 0. The average Bonchev–Trinajstić information content (AvgIpc) is 2.36. The fourth-order valence-electron chi connectivity index (χ4n) is 1.16.